The number of hydrogen-bond acceptors (Lipinski definition) is 5. The van der Waals surface area contributed by atoms with Crippen LogP contribution in [0.1, 0.15) is 95.2 Å². The van der Waals surface area contributed by atoms with Crippen molar-refractivity contribution >= 4 is 26.0 Å². The van der Waals surface area contributed by atoms with Crippen LogP contribution < -0.4 is 0 Å². The van der Waals surface area contributed by atoms with E-state index in [1.165, 1.54) is 0 Å². The molecule has 0 aromatic heterocycles. The molecule has 2 aliphatic rings. The molecular weight excluding hydrogens is 552 g/mol. The molecule has 0 amide bonds. The SMILES string of the molecule is C#C[C@H](OS(=O)(=O)c1c(C(C)C)cc(C(C)C)cc1C(C)C)[C@H]1C/C=C\C[C@@H]2O[C@H](C=C)[C@@H](Br)C[C@@H]2O1. The molecule has 0 unspecified atom stereocenters. The van der Waals surface area contributed by atoms with Gasteiger partial charge in [0.2, 0.25) is 0 Å². The maximum Gasteiger partial charge on any atom is 0.298 e. The van der Waals surface area contributed by atoms with Crippen LogP contribution in [0.2, 0.25) is 0 Å². The summed E-state index contributed by atoms with van der Waals surface area (Å²) in [5.74, 6) is 2.82. The van der Waals surface area contributed by atoms with Gasteiger partial charge in [-0.2, -0.15) is 8.42 Å². The van der Waals surface area contributed by atoms with Gasteiger partial charge in [-0.05, 0) is 53.7 Å². The first kappa shape index (κ1) is 30.1. The summed E-state index contributed by atoms with van der Waals surface area (Å²) in [6.07, 6.45) is 11.3. The maximum atomic E-state index is 13.9. The Hall–Kier alpha value is -1.43. The first-order valence-corrected chi connectivity index (χ1v) is 15.5. The van der Waals surface area contributed by atoms with E-state index in [1.807, 2.05) is 52.0 Å². The van der Waals surface area contributed by atoms with Crippen LogP contribution in [0.4, 0.5) is 0 Å². The summed E-state index contributed by atoms with van der Waals surface area (Å²) in [7, 11) is -4.19. The van der Waals surface area contributed by atoms with Crippen molar-refractivity contribution in [1.82, 2.24) is 0 Å². The minimum atomic E-state index is -4.19. The van der Waals surface area contributed by atoms with Gasteiger partial charge in [-0.15, -0.1) is 13.0 Å². The molecule has 1 aromatic carbocycles. The first-order chi connectivity index (χ1) is 17.4. The van der Waals surface area contributed by atoms with Gasteiger partial charge in [0.1, 0.15) is 11.0 Å². The Morgan fingerprint density at radius 1 is 1.03 bits per heavy atom. The molecule has 2 heterocycles. The van der Waals surface area contributed by atoms with Crippen molar-refractivity contribution in [1.29, 1.82) is 0 Å². The highest BCUT2D eigenvalue weighted by Gasteiger charge is 2.40. The van der Waals surface area contributed by atoms with Gasteiger partial charge in [0.05, 0.1) is 18.3 Å². The monoisotopic (exact) mass is 592 g/mol. The van der Waals surface area contributed by atoms with Crippen molar-refractivity contribution < 1.29 is 22.1 Å². The number of hydrogen-bond donors (Lipinski definition) is 0. The van der Waals surface area contributed by atoms with E-state index < -0.39 is 22.3 Å². The first-order valence-electron chi connectivity index (χ1n) is 13.2. The summed E-state index contributed by atoms with van der Waals surface area (Å²) in [6, 6.07) is 3.99. The van der Waals surface area contributed by atoms with Crippen molar-refractivity contribution in [2.24, 2.45) is 0 Å². The third-order valence-corrected chi connectivity index (χ3v) is 9.43. The summed E-state index contributed by atoms with van der Waals surface area (Å²) in [5, 5.41) is 0. The minimum absolute atomic E-state index is 0.0109. The van der Waals surface area contributed by atoms with E-state index in [1.54, 1.807) is 6.08 Å². The van der Waals surface area contributed by atoms with Crippen molar-refractivity contribution in [2.75, 3.05) is 0 Å². The highest BCUT2D eigenvalue weighted by atomic mass is 79.9. The highest BCUT2D eigenvalue weighted by Crippen LogP contribution is 2.37. The maximum absolute atomic E-state index is 13.9. The second kappa shape index (κ2) is 12.6. The molecule has 0 N–H and O–H groups in total. The average Bonchev–Trinajstić information content (AvgIpc) is 2.82. The highest BCUT2D eigenvalue weighted by molar-refractivity contribution is 9.09. The zero-order chi connectivity index (χ0) is 27.5. The van der Waals surface area contributed by atoms with Crippen LogP contribution in [0.5, 0.6) is 0 Å². The van der Waals surface area contributed by atoms with Crippen LogP contribution >= 0.6 is 15.9 Å². The topological polar surface area (TPSA) is 61.8 Å². The number of ether oxygens (including phenoxy) is 2. The summed E-state index contributed by atoms with van der Waals surface area (Å²) >= 11 is 3.67. The van der Waals surface area contributed by atoms with Crippen LogP contribution in [-0.4, -0.2) is 43.8 Å². The van der Waals surface area contributed by atoms with Crippen LogP contribution in [0.3, 0.4) is 0 Å². The van der Waals surface area contributed by atoms with E-state index >= 15 is 0 Å². The molecule has 1 aromatic rings. The van der Waals surface area contributed by atoms with Gasteiger partial charge in [0.15, 0.2) is 6.10 Å². The molecule has 0 aliphatic carbocycles. The average molecular weight is 594 g/mol. The molecule has 2 aliphatic heterocycles. The van der Waals surface area contributed by atoms with Crippen molar-refractivity contribution in [3.05, 3.63) is 53.6 Å². The largest absolute Gasteiger partial charge is 0.368 e. The van der Waals surface area contributed by atoms with E-state index in [0.29, 0.717) is 19.3 Å². The quantitative estimate of drug-likeness (QED) is 0.141. The number of benzene rings is 1. The van der Waals surface area contributed by atoms with Gasteiger partial charge in [0, 0.05) is 4.83 Å². The zero-order valence-corrected chi connectivity index (χ0v) is 25.2. The third-order valence-electron chi connectivity index (χ3n) is 7.11. The molecule has 37 heavy (non-hydrogen) atoms. The molecule has 6 atom stereocenters. The lowest BCUT2D eigenvalue weighted by Gasteiger charge is -2.41. The molecule has 1 fully saturated rings. The molecule has 0 radical (unpaired) electrons. The normalized spacial score (nSPS) is 28.3. The van der Waals surface area contributed by atoms with Crippen LogP contribution in [-0.2, 0) is 23.8 Å². The van der Waals surface area contributed by atoms with E-state index in [4.69, 9.17) is 20.1 Å². The summed E-state index contributed by atoms with van der Waals surface area (Å²) in [4.78, 5) is 0.280. The Bertz CT molecular complexity index is 1100. The smallest absolute Gasteiger partial charge is 0.298 e. The second-order valence-corrected chi connectivity index (χ2v) is 13.6. The minimum Gasteiger partial charge on any atom is -0.368 e. The predicted molar refractivity (Wildman–Crippen MR) is 153 cm³/mol. The Balaban J connectivity index is 1.96. The molecular formula is C30H41BrO5S. The van der Waals surface area contributed by atoms with Crippen LogP contribution in [0, 0.1) is 12.3 Å². The van der Waals surface area contributed by atoms with Crippen LogP contribution in [0.15, 0.2) is 41.8 Å². The molecule has 0 saturated carbocycles. The predicted octanol–water partition coefficient (Wildman–Crippen LogP) is 6.97. The van der Waals surface area contributed by atoms with E-state index in [-0.39, 0.29) is 45.8 Å². The van der Waals surface area contributed by atoms with Gasteiger partial charge in [-0.3, -0.25) is 0 Å². The summed E-state index contributed by atoms with van der Waals surface area (Å²) in [6.45, 7) is 16.1. The summed E-state index contributed by atoms with van der Waals surface area (Å²) < 4.78 is 46.3. The van der Waals surface area contributed by atoms with Gasteiger partial charge < -0.3 is 9.47 Å². The third kappa shape index (κ3) is 6.96. The van der Waals surface area contributed by atoms with E-state index in [9.17, 15) is 8.42 Å². The fraction of sp³-hybridized carbons (Fsp3) is 0.600. The molecule has 5 nitrogen and oxygen atoms in total. The standard InChI is InChI=1S/C30H41BrO5S/c1-9-25-24(31)17-29-28(34-25)14-12-11-13-27(35-29)26(10-2)36-37(32,33)30-22(19(5)6)15-21(18(3)4)16-23(30)20(7)8/h2,9,11-12,15-16,18-20,24-29H,1,13-14,17H2,3-8H3/b12-11-/t24-,25+,26-,27+,28-,29-/m0/s1. The van der Waals surface area contributed by atoms with E-state index in [2.05, 4.69) is 42.3 Å². The van der Waals surface area contributed by atoms with Gasteiger partial charge in [-0.25, -0.2) is 4.18 Å². The molecule has 0 spiro atoms. The van der Waals surface area contributed by atoms with Gasteiger partial charge in [0.25, 0.3) is 10.1 Å². The lowest BCUT2D eigenvalue weighted by Crippen LogP contribution is -2.48. The number of alkyl halides is 1. The lowest BCUT2D eigenvalue weighted by molar-refractivity contribution is -0.154. The number of fused-ring (bicyclic) bond motifs is 1. The molecule has 7 heteroatoms. The fourth-order valence-corrected chi connectivity index (χ4v) is 7.36. The molecule has 204 valence electrons. The number of halogens is 1. The summed E-state index contributed by atoms with van der Waals surface area (Å²) in [5.41, 5.74) is 2.61. The van der Waals surface area contributed by atoms with Gasteiger partial charge >= 0.3 is 0 Å². The van der Waals surface area contributed by atoms with Crippen molar-refractivity contribution in [3.8, 4) is 12.3 Å². The Morgan fingerprint density at radius 2 is 1.62 bits per heavy atom. The van der Waals surface area contributed by atoms with Crippen LogP contribution in [0.25, 0.3) is 0 Å². The van der Waals surface area contributed by atoms with Crippen molar-refractivity contribution in [2.45, 2.75) is 119 Å². The van der Waals surface area contributed by atoms with E-state index in [0.717, 1.165) is 16.7 Å². The Kier molecular flexibility index (Phi) is 10.3. The van der Waals surface area contributed by atoms with Crippen molar-refractivity contribution in [3.63, 3.8) is 0 Å². The zero-order valence-electron chi connectivity index (χ0n) is 22.8. The fourth-order valence-electron chi connectivity index (χ4n) is 4.93. The van der Waals surface area contributed by atoms with Gasteiger partial charge in [-0.1, -0.05) is 93.8 Å². The molecule has 0 bridgehead atoms. The number of terminal acetylenes is 1. The lowest BCUT2D eigenvalue weighted by atomic mass is 9.89. The molecule has 3 rings (SSSR count). The second-order valence-electron chi connectivity index (χ2n) is 10.9. The molecule has 1 saturated heterocycles. The number of rotatable bonds is 8. The Labute approximate surface area is 232 Å². The Morgan fingerprint density at radius 3 is 2.14 bits per heavy atom.